The first-order valence-corrected chi connectivity index (χ1v) is 5.45. The Labute approximate surface area is 82.7 Å². The zero-order valence-electron chi connectivity index (χ0n) is 8.89. The van der Waals surface area contributed by atoms with Crippen molar-refractivity contribution in [2.75, 3.05) is 0 Å². The molecule has 13 heavy (non-hydrogen) atoms. The lowest BCUT2D eigenvalue weighted by atomic mass is 9.92. The van der Waals surface area contributed by atoms with Crippen molar-refractivity contribution >= 4 is 6.21 Å². The maximum Gasteiger partial charge on any atom is -0.00477 e. The van der Waals surface area contributed by atoms with Crippen LogP contribution in [0.25, 0.3) is 0 Å². The molecule has 0 spiro atoms. The van der Waals surface area contributed by atoms with Gasteiger partial charge in [-0.25, -0.2) is 0 Å². The van der Waals surface area contributed by atoms with Gasteiger partial charge in [0, 0.05) is 0 Å². The van der Waals surface area contributed by atoms with Crippen LogP contribution in [-0.2, 0) is 0 Å². The van der Waals surface area contributed by atoms with E-state index in [-0.39, 0.29) is 0 Å². The topological polar surface area (TPSA) is 23.9 Å². The summed E-state index contributed by atoms with van der Waals surface area (Å²) in [7, 11) is 0. The van der Waals surface area contributed by atoms with Crippen LogP contribution < -0.4 is 0 Å². The third-order valence-corrected chi connectivity index (χ3v) is 2.44. The molecule has 1 atom stereocenters. The van der Waals surface area contributed by atoms with Gasteiger partial charge in [-0.2, -0.15) is 0 Å². The van der Waals surface area contributed by atoms with Crippen molar-refractivity contribution in [3.8, 4) is 0 Å². The molecule has 0 aromatic carbocycles. The third kappa shape index (κ3) is 7.76. The standard InChI is InChI=1S/C12H23N/c1-3-5-9-12(8-4-2)10-6-7-11-13/h3,11-13H,1,4-10H2,2H3. The molecule has 0 aromatic rings. The maximum atomic E-state index is 6.95. The summed E-state index contributed by atoms with van der Waals surface area (Å²) in [6, 6.07) is 0. The van der Waals surface area contributed by atoms with E-state index < -0.39 is 0 Å². The van der Waals surface area contributed by atoms with Gasteiger partial charge >= 0.3 is 0 Å². The molecule has 1 nitrogen and oxygen atoms in total. The second kappa shape index (κ2) is 9.50. The van der Waals surface area contributed by atoms with Crippen molar-refractivity contribution in [2.45, 2.75) is 51.9 Å². The summed E-state index contributed by atoms with van der Waals surface area (Å²) in [6.07, 6.45) is 12.0. The molecule has 0 aliphatic carbocycles. The van der Waals surface area contributed by atoms with E-state index in [9.17, 15) is 0 Å². The Kier molecular flexibility index (Phi) is 9.07. The number of rotatable bonds is 9. The lowest BCUT2D eigenvalue weighted by molar-refractivity contribution is 0.410. The van der Waals surface area contributed by atoms with Gasteiger partial charge in [-0.15, -0.1) is 6.58 Å². The van der Waals surface area contributed by atoms with E-state index in [0.717, 1.165) is 18.8 Å². The third-order valence-electron chi connectivity index (χ3n) is 2.44. The molecule has 0 saturated heterocycles. The summed E-state index contributed by atoms with van der Waals surface area (Å²) in [5.74, 6) is 0.864. The summed E-state index contributed by atoms with van der Waals surface area (Å²) in [6.45, 7) is 6.00. The fourth-order valence-corrected chi connectivity index (χ4v) is 1.70. The van der Waals surface area contributed by atoms with Gasteiger partial charge in [-0.1, -0.05) is 32.3 Å². The first-order chi connectivity index (χ1) is 6.35. The molecule has 0 aliphatic heterocycles. The van der Waals surface area contributed by atoms with Crippen LogP contribution in [0.3, 0.4) is 0 Å². The molecule has 0 saturated carbocycles. The molecule has 0 aliphatic rings. The number of nitrogens with one attached hydrogen (secondary N) is 1. The normalized spacial score (nSPS) is 12.4. The second-order valence-electron chi connectivity index (χ2n) is 3.66. The van der Waals surface area contributed by atoms with E-state index in [1.807, 2.05) is 6.08 Å². The van der Waals surface area contributed by atoms with Gasteiger partial charge in [0.2, 0.25) is 0 Å². The highest BCUT2D eigenvalue weighted by atomic mass is 14.3. The van der Waals surface area contributed by atoms with Gasteiger partial charge < -0.3 is 5.41 Å². The van der Waals surface area contributed by atoms with Crippen molar-refractivity contribution in [3.63, 3.8) is 0 Å². The Morgan fingerprint density at radius 3 is 2.54 bits per heavy atom. The van der Waals surface area contributed by atoms with Crippen LogP contribution in [-0.4, -0.2) is 6.21 Å². The van der Waals surface area contributed by atoms with E-state index >= 15 is 0 Å². The molecule has 0 fully saturated rings. The van der Waals surface area contributed by atoms with Crippen LogP contribution >= 0.6 is 0 Å². The van der Waals surface area contributed by atoms with Crippen molar-refractivity contribution < 1.29 is 0 Å². The number of hydrogen-bond donors (Lipinski definition) is 1. The molecule has 0 rings (SSSR count). The number of unbranched alkanes of at least 4 members (excludes halogenated alkanes) is 1. The lowest BCUT2D eigenvalue weighted by Crippen LogP contribution is -1.99. The monoisotopic (exact) mass is 181 g/mol. The fraction of sp³-hybridized carbons (Fsp3) is 0.750. The van der Waals surface area contributed by atoms with Crippen molar-refractivity contribution in [1.82, 2.24) is 0 Å². The van der Waals surface area contributed by atoms with Crippen LogP contribution in [0.4, 0.5) is 0 Å². The van der Waals surface area contributed by atoms with E-state index in [4.69, 9.17) is 5.41 Å². The van der Waals surface area contributed by atoms with E-state index in [2.05, 4.69) is 13.5 Å². The van der Waals surface area contributed by atoms with Crippen molar-refractivity contribution in [3.05, 3.63) is 12.7 Å². The predicted molar refractivity (Wildman–Crippen MR) is 60.5 cm³/mol. The zero-order valence-corrected chi connectivity index (χ0v) is 8.89. The lowest BCUT2D eigenvalue weighted by Gasteiger charge is -2.13. The molecule has 1 N–H and O–H groups in total. The minimum Gasteiger partial charge on any atom is -0.313 e. The molecule has 0 aromatic heterocycles. The average Bonchev–Trinajstić information content (AvgIpc) is 2.14. The summed E-state index contributed by atoms with van der Waals surface area (Å²) >= 11 is 0. The smallest absolute Gasteiger partial charge is 0.00477 e. The fourth-order valence-electron chi connectivity index (χ4n) is 1.70. The Morgan fingerprint density at radius 2 is 2.00 bits per heavy atom. The predicted octanol–water partition coefficient (Wildman–Crippen LogP) is 4.19. The molecule has 0 amide bonds. The van der Waals surface area contributed by atoms with E-state index in [1.54, 1.807) is 0 Å². The highest BCUT2D eigenvalue weighted by Crippen LogP contribution is 2.20. The van der Waals surface area contributed by atoms with Crippen LogP contribution in [0.2, 0.25) is 0 Å². The van der Waals surface area contributed by atoms with Crippen LogP contribution in [0, 0.1) is 11.3 Å². The molecule has 0 radical (unpaired) electrons. The number of allylic oxidation sites excluding steroid dienone is 1. The Bertz CT molecular complexity index is 129. The summed E-state index contributed by atoms with van der Waals surface area (Å²) in [4.78, 5) is 0. The Hall–Kier alpha value is -0.590. The summed E-state index contributed by atoms with van der Waals surface area (Å²) in [5.41, 5.74) is 0. The van der Waals surface area contributed by atoms with Crippen molar-refractivity contribution in [1.29, 1.82) is 5.41 Å². The van der Waals surface area contributed by atoms with Gasteiger partial charge in [0.25, 0.3) is 0 Å². The minimum absolute atomic E-state index is 0.864. The van der Waals surface area contributed by atoms with Gasteiger partial charge in [0.15, 0.2) is 0 Å². The largest absolute Gasteiger partial charge is 0.313 e. The van der Waals surface area contributed by atoms with Crippen LogP contribution in [0.1, 0.15) is 51.9 Å². The SMILES string of the molecule is C=CCCC(CCC)CCCC=N. The second-order valence-corrected chi connectivity index (χ2v) is 3.66. The van der Waals surface area contributed by atoms with Gasteiger partial charge in [-0.05, 0) is 37.8 Å². The van der Waals surface area contributed by atoms with Gasteiger partial charge in [0.1, 0.15) is 0 Å². The van der Waals surface area contributed by atoms with E-state index in [0.29, 0.717) is 0 Å². The molecular weight excluding hydrogens is 158 g/mol. The molecule has 0 heterocycles. The molecule has 0 bridgehead atoms. The zero-order chi connectivity index (χ0) is 9.94. The summed E-state index contributed by atoms with van der Waals surface area (Å²) < 4.78 is 0. The maximum absolute atomic E-state index is 6.95. The highest BCUT2D eigenvalue weighted by Gasteiger charge is 2.05. The van der Waals surface area contributed by atoms with E-state index in [1.165, 1.54) is 38.3 Å². The van der Waals surface area contributed by atoms with Gasteiger partial charge in [-0.3, -0.25) is 0 Å². The summed E-state index contributed by atoms with van der Waals surface area (Å²) in [5, 5.41) is 6.95. The average molecular weight is 181 g/mol. The molecule has 1 unspecified atom stereocenters. The Balaban J connectivity index is 3.52. The number of hydrogen-bond acceptors (Lipinski definition) is 1. The first kappa shape index (κ1) is 12.4. The first-order valence-electron chi connectivity index (χ1n) is 5.45. The van der Waals surface area contributed by atoms with Crippen molar-refractivity contribution in [2.24, 2.45) is 5.92 Å². The minimum atomic E-state index is 0.864. The molecule has 76 valence electrons. The van der Waals surface area contributed by atoms with Crippen LogP contribution in [0.5, 0.6) is 0 Å². The quantitative estimate of drug-likeness (QED) is 0.313. The molecular formula is C12H23N. The Morgan fingerprint density at radius 1 is 1.23 bits per heavy atom. The highest BCUT2D eigenvalue weighted by molar-refractivity contribution is 5.52. The van der Waals surface area contributed by atoms with Crippen LogP contribution in [0.15, 0.2) is 12.7 Å². The molecule has 1 heteroatoms. The van der Waals surface area contributed by atoms with Gasteiger partial charge in [0.05, 0.1) is 0 Å².